The fourth-order valence-corrected chi connectivity index (χ4v) is 2.27. The first-order valence-corrected chi connectivity index (χ1v) is 7.13. The molecule has 0 unspecified atom stereocenters. The van der Waals surface area contributed by atoms with Crippen molar-refractivity contribution in [3.05, 3.63) is 16.0 Å². The number of hydrogen-bond acceptors (Lipinski definition) is 4. The number of aromatic nitrogens is 2. The zero-order chi connectivity index (χ0) is 11.3. The quantitative estimate of drug-likeness (QED) is 0.904. The predicted octanol–water partition coefficient (Wildman–Crippen LogP) is 3.10. The van der Waals surface area contributed by atoms with Gasteiger partial charge < -0.3 is 5.32 Å². The highest BCUT2D eigenvalue weighted by Crippen LogP contribution is 2.25. The molecule has 1 rings (SSSR count). The van der Waals surface area contributed by atoms with Crippen molar-refractivity contribution in [2.45, 2.75) is 25.5 Å². The fraction of sp³-hybridized carbons (Fsp3) is 0.600. The number of anilines is 1. The lowest BCUT2D eigenvalue weighted by Crippen LogP contribution is -2.05. The Morgan fingerprint density at radius 1 is 1.40 bits per heavy atom. The van der Waals surface area contributed by atoms with E-state index in [4.69, 9.17) is 0 Å². The van der Waals surface area contributed by atoms with E-state index in [1.165, 1.54) is 0 Å². The van der Waals surface area contributed by atoms with E-state index in [-0.39, 0.29) is 0 Å². The van der Waals surface area contributed by atoms with Gasteiger partial charge in [0.05, 0.1) is 15.9 Å². The van der Waals surface area contributed by atoms with E-state index in [2.05, 4.69) is 44.4 Å². The van der Waals surface area contributed by atoms with Gasteiger partial charge in [0.25, 0.3) is 0 Å². The number of hydrogen-bond donors (Lipinski definition) is 1. The van der Waals surface area contributed by atoms with Crippen molar-refractivity contribution in [3.63, 3.8) is 0 Å². The summed E-state index contributed by atoms with van der Waals surface area (Å²) >= 11 is 5.27. The second kappa shape index (κ2) is 6.33. The van der Waals surface area contributed by atoms with Gasteiger partial charge in [0.1, 0.15) is 11.6 Å². The molecule has 0 spiro atoms. The molecule has 0 bridgehead atoms. The van der Waals surface area contributed by atoms with Gasteiger partial charge in [0.15, 0.2) is 0 Å². The van der Waals surface area contributed by atoms with Gasteiger partial charge in [-0.05, 0) is 28.6 Å². The average molecular weight is 290 g/mol. The van der Waals surface area contributed by atoms with Crippen LogP contribution in [0.4, 0.5) is 5.82 Å². The van der Waals surface area contributed by atoms with Gasteiger partial charge >= 0.3 is 0 Å². The van der Waals surface area contributed by atoms with Gasteiger partial charge in [-0.25, -0.2) is 9.97 Å². The monoisotopic (exact) mass is 289 g/mol. The summed E-state index contributed by atoms with van der Waals surface area (Å²) < 4.78 is 0.997. The molecule has 0 aliphatic rings. The van der Waals surface area contributed by atoms with Crippen LogP contribution in [0.3, 0.4) is 0 Å². The molecule has 0 saturated carbocycles. The lowest BCUT2D eigenvalue weighted by molar-refractivity contribution is 0.847. The van der Waals surface area contributed by atoms with Gasteiger partial charge in [-0.15, -0.1) is 0 Å². The second-order valence-corrected chi connectivity index (χ2v) is 4.84. The van der Waals surface area contributed by atoms with Gasteiger partial charge in [0, 0.05) is 7.05 Å². The van der Waals surface area contributed by atoms with Crippen molar-refractivity contribution >= 4 is 33.5 Å². The first-order valence-electron chi connectivity index (χ1n) is 4.94. The van der Waals surface area contributed by atoms with Crippen LogP contribution in [0.25, 0.3) is 0 Å². The van der Waals surface area contributed by atoms with Gasteiger partial charge in [-0.1, -0.05) is 13.3 Å². The Kier molecular flexibility index (Phi) is 5.39. The van der Waals surface area contributed by atoms with Gasteiger partial charge in [-0.3, -0.25) is 0 Å². The Bertz CT molecular complexity index is 331. The van der Waals surface area contributed by atoms with E-state index in [0.29, 0.717) is 0 Å². The van der Waals surface area contributed by atoms with Crippen molar-refractivity contribution in [1.82, 2.24) is 9.97 Å². The summed E-state index contributed by atoms with van der Waals surface area (Å²) in [5.41, 5.74) is 1.10. The zero-order valence-electron chi connectivity index (χ0n) is 9.30. The molecule has 0 aliphatic carbocycles. The Hall–Kier alpha value is -0.290. The molecule has 0 aliphatic heterocycles. The molecule has 0 saturated heterocycles. The zero-order valence-corrected chi connectivity index (χ0v) is 11.7. The lowest BCUT2D eigenvalue weighted by Gasteiger charge is -2.09. The summed E-state index contributed by atoms with van der Waals surface area (Å²) in [5.74, 6) is 2.65. The third kappa shape index (κ3) is 3.34. The Morgan fingerprint density at radius 3 is 2.67 bits per heavy atom. The number of nitrogens with zero attached hydrogens (tertiary/aromatic N) is 2. The van der Waals surface area contributed by atoms with Gasteiger partial charge in [-0.2, -0.15) is 11.8 Å². The van der Waals surface area contributed by atoms with Crippen LogP contribution in [0.15, 0.2) is 4.47 Å². The minimum atomic E-state index is 0.860. The second-order valence-electron chi connectivity index (χ2n) is 3.18. The van der Waals surface area contributed by atoms with Crippen molar-refractivity contribution in [2.75, 3.05) is 18.6 Å². The molecule has 1 heterocycles. The summed E-state index contributed by atoms with van der Waals surface area (Å²) in [7, 11) is 1.88. The van der Waals surface area contributed by atoms with Crippen LogP contribution < -0.4 is 5.32 Å². The maximum absolute atomic E-state index is 4.54. The van der Waals surface area contributed by atoms with E-state index >= 15 is 0 Å². The number of thioether (sulfide) groups is 1. The maximum atomic E-state index is 4.54. The molecule has 84 valence electrons. The molecule has 0 fully saturated rings. The molecule has 1 aromatic rings. The lowest BCUT2D eigenvalue weighted by atomic mass is 10.2. The molecule has 0 radical (unpaired) electrons. The molecule has 1 N–H and O–H groups in total. The molecule has 0 amide bonds. The molecule has 3 nitrogen and oxygen atoms in total. The normalized spacial score (nSPS) is 10.4. The summed E-state index contributed by atoms with van der Waals surface area (Å²) in [6, 6.07) is 0. The Labute approximate surface area is 104 Å². The van der Waals surface area contributed by atoms with Gasteiger partial charge in [0.2, 0.25) is 0 Å². The summed E-state index contributed by atoms with van der Waals surface area (Å²) in [5, 5.41) is 3.09. The molecule has 0 aromatic carbocycles. The third-order valence-electron chi connectivity index (χ3n) is 1.96. The van der Waals surface area contributed by atoms with Crippen LogP contribution in [-0.4, -0.2) is 23.3 Å². The predicted molar refractivity (Wildman–Crippen MR) is 70.5 cm³/mol. The van der Waals surface area contributed by atoms with Crippen LogP contribution in [0, 0.1) is 0 Å². The average Bonchev–Trinajstić information content (AvgIpc) is 2.23. The SMILES string of the molecule is CCCc1nc(CSC)nc(NC)c1Br. The maximum Gasteiger partial charge on any atom is 0.144 e. The highest BCUT2D eigenvalue weighted by Gasteiger charge is 2.10. The van der Waals surface area contributed by atoms with E-state index in [9.17, 15) is 0 Å². The number of rotatable bonds is 5. The molecular formula is C10H16BrN3S. The molecule has 1 aromatic heterocycles. The van der Waals surface area contributed by atoms with Crippen molar-refractivity contribution in [2.24, 2.45) is 0 Å². The summed E-state index contributed by atoms with van der Waals surface area (Å²) in [6.45, 7) is 2.15. The van der Waals surface area contributed by atoms with E-state index < -0.39 is 0 Å². The van der Waals surface area contributed by atoms with Crippen molar-refractivity contribution in [1.29, 1.82) is 0 Å². The van der Waals surface area contributed by atoms with Crippen LogP contribution >= 0.6 is 27.7 Å². The smallest absolute Gasteiger partial charge is 0.144 e. The van der Waals surface area contributed by atoms with E-state index in [1.807, 2.05) is 7.05 Å². The minimum absolute atomic E-state index is 0.860. The Balaban J connectivity index is 3.07. The molecule has 15 heavy (non-hydrogen) atoms. The highest BCUT2D eigenvalue weighted by atomic mass is 79.9. The summed E-state index contributed by atoms with van der Waals surface area (Å²) in [4.78, 5) is 8.98. The molecule has 5 heteroatoms. The van der Waals surface area contributed by atoms with Crippen LogP contribution in [0.5, 0.6) is 0 Å². The minimum Gasteiger partial charge on any atom is -0.372 e. The molecular weight excluding hydrogens is 274 g/mol. The van der Waals surface area contributed by atoms with E-state index in [1.54, 1.807) is 11.8 Å². The standard InChI is InChI=1S/C10H16BrN3S/c1-4-5-7-9(11)10(12-2)14-8(13-7)6-15-3/h4-6H2,1-3H3,(H,12,13,14). The highest BCUT2D eigenvalue weighted by molar-refractivity contribution is 9.10. The first-order chi connectivity index (χ1) is 7.22. The third-order valence-corrected chi connectivity index (χ3v) is 3.34. The number of halogens is 1. The van der Waals surface area contributed by atoms with Crippen molar-refractivity contribution in [3.8, 4) is 0 Å². The van der Waals surface area contributed by atoms with Crippen LogP contribution in [-0.2, 0) is 12.2 Å². The first kappa shape index (κ1) is 12.8. The Morgan fingerprint density at radius 2 is 2.13 bits per heavy atom. The topological polar surface area (TPSA) is 37.8 Å². The summed E-state index contributed by atoms with van der Waals surface area (Å²) in [6.07, 6.45) is 4.14. The van der Waals surface area contributed by atoms with Crippen LogP contribution in [0.2, 0.25) is 0 Å². The number of aryl methyl sites for hydroxylation is 1. The van der Waals surface area contributed by atoms with Crippen molar-refractivity contribution < 1.29 is 0 Å². The van der Waals surface area contributed by atoms with Crippen LogP contribution in [0.1, 0.15) is 24.9 Å². The van der Waals surface area contributed by atoms with E-state index in [0.717, 1.165) is 40.4 Å². The fourth-order valence-electron chi connectivity index (χ4n) is 1.31. The molecule has 0 atom stereocenters. The largest absolute Gasteiger partial charge is 0.372 e. The number of nitrogens with one attached hydrogen (secondary N) is 1.